The number of amides is 2. The molecule has 3 aromatic rings. The molecule has 0 saturated heterocycles. The second kappa shape index (κ2) is 12.7. The molecule has 0 fully saturated rings. The first-order valence-corrected chi connectivity index (χ1v) is 14.3. The van der Waals surface area contributed by atoms with Crippen molar-refractivity contribution < 1.29 is 18.0 Å². The maximum absolute atomic E-state index is 13.9. The number of nitrogens with zero attached hydrogens (tertiary/aromatic N) is 2. The molecule has 0 saturated carbocycles. The van der Waals surface area contributed by atoms with Crippen LogP contribution in [-0.4, -0.2) is 43.8 Å². The zero-order valence-electron chi connectivity index (χ0n) is 22.7. The monoisotopic (exact) mass is 535 g/mol. The fraction of sp³-hybridized carbons (Fsp3) is 0.333. The molecule has 0 bridgehead atoms. The predicted molar refractivity (Wildman–Crippen MR) is 151 cm³/mol. The van der Waals surface area contributed by atoms with Gasteiger partial charge in [-0.2, -0.15) is 0 Å². The molecule has 0 spiro atoms. The molecule has 202 valence electrons. The predicted octanol–water partition coefficient (Wildman–Crippen LogP) is 4.83. The van der Waals surface area contributed by atoms with Gasteiger partial charge in [0, 0.05) is 12.6 Å². The summed E-state index contributed by atoms with van der Waals surface area (Å²) in [6.45, 7) is 9.09. The number of anilines is 1. The molecule has 0 aliphatic rings. The Hall–Kier alpha value is -3.65. The third-order valence-corrected chi connectivity index (χ3v) is 8.29. The SMILES string of the molecule is CC[C@@H](C)NC(=O)[C@@H](C)N(Cc1cccc(C)c1)C(=O)CN(c1cccc(C)c1)S(=O)(=O)c1ccccc1. The van der Waals surface area contributed by atoms with Crippen molar-refractivity contribution in [2.45, 2.75) is 64.6 Å². The molecule has 1 N–H and O–H groups in total. The van der Waals surface area contributed by atoms with Crippen molar-refractivity contribution in [3.8, 4) is 0 Å². The standard InChI is InChI=1S/C30H37N3O4S/c1-6-24(4)31-30(35)25(5)32(20-26-14-10-12-22(2)18-26)29(34)21-33(27-15-11-13-23(3)19-27)38(36,37)28-16-8-7-9-17-28/h7-19,24-25H,6,20-21H2,1-5H3,(H,31,35)/t24-,25-/m1/s1. The third kappa shape index (κ3) is 7.22. The van der Waals surface area contributed by atoms with Gasteiger partial charge >= 0.3 is 0 Å². The minimum atomic E-state index is -4.06. The van der Waals surface area contributed by atoms with E-state index in [2.05, 4.69) is 5.32 Å². The highest BCUT2D eigenvalue weighted by Gasteiger charge is 2.32. The zero-order chi connectivity index (χ0) is 27.9. The molecule has 0 aromatic heterocycles. The van der Waals surface area contributed by atoms with Crippen LogP contribution in [0.5, 0.6) is 0 Å². The molecule has 0 heterocycles. The van der Waals surface area contributed by atoms with Gasteiger partial charge in [-0.25, -0.2) is 8.42 Å². The van der Waals surface area contributed by atoms with Crippen molar-refractivity contribution >= 4 is 27.5 Å². The second-order valence-corrected chi connectivity index (χ2v) is 11.5. The highest BCUT2D eigenvalue weighted by atomic mass is 32.2. The number of aryl methyl sites for hydroxylation is 2. The summed E-state index contributed by atoms with van der Waals surface area (Å²) in [5, 5.41) is 2.95. The Kier molecular flexibility index (Phi) is 9.69. The van der Waals surface area contributed by atoms with Crippen LogP contribution in [0.15, 0.2) is 83.8 Å². The van der Waals surface area contributed by atoms with Crippen LogP contribution in [0.3, 0.4) is 0 Å². The number of carbonyl (C=O) groups excluding carboxylic acids is 2. The maximum Gasteiger partial charge on any atom is 0.264 e. The van der Waals surface area contributed by atoms with Crippen LogP contribution in [-0.2, 0) is 26.2 Å². The molecule has 7 nitrogen and oxygen atoms in total. The van der Waals surface area contributed by atoms with Crippen LogP contribution in [0.25, 0.3) is 0 Å². The van der Waals surface area contributed by atoms with E-state index in [1.165, 1.54) is 17.0 Å². The molecular formula is C30H37N3O4S. The molecule has 2 atom stereocenters. The Morgan fingerprint density at radius 2 is 1.50 bits per heavy atom. The highest BCUT2D eigenvalue weighted by molar-refractivity contribution is 7.92. The average molecular weight is 536 g/mol. The molecular weight excluding hydrogens is 498 g/mol. The van der Waals surface area contributed by atoms with Gasteiger partial charge in [0.1, 0.15) is 12.6 Å². The summed E-state index contributed by atoms with van der Waals surface area (Å²) in [5.74, 6) is -0.757. The van der Waals surface area contributed by atoms with E-state index in [0.29, 0.717) is 5.69 Å². The average Bonchev–Trinajstić information content (AvgIpc) is 2.90. The molecule has 0 radical (unpaired) electrons. The Morgan fingerprint density at radius 3 is 2.11 bits per heavy atom. The number of rotatable bonds is 11. The molecule has 0 unspecified atom stereocenters. The van der Waals surface area contributed by atoms with Crippen LogP contribution in [0.4, 0.5) is 5.69 Å². The van der Waals surface area contributed by atoms with Gasteiger partial charge in [-0.05, 0) is 69.5 Å². The van der Waals surface area contributed by atoms with E-state index in [0.717, 1.165) is 27.4 Å². The van der Waals surface area contributed by atoms with E-state index >= 15 is 0 Å². The Labute approximate surface area is 226 Å². The summed E-state index contributed by atoms with van der Waals surface area (Å²) in [4.78, 5) is 28.6. The summed E-state index contributed by atoms with van der Waals surface area (Å²) >= 11 is 0. The van der Waals surface area contributed by atoms with Crippen molar-refractivity contribution in [2.75, 3.05) is 10.8 Å². The first kappa shape index (κ1) is 28.9. The zero-order valence-corrected chi connectivity index (χ0v) is 23.5. The van der Waals surface area contributed by atoms with Gasteiger partial charge in [0.25, 0.3) is 10.0 Å². The Bertz CT molecular complexity index is 1360. The lowest BCUT2D eigenvalue weighted by Crippen LogP contribution is -2.52. The fourth-order valence-corrected chi connectivity index (χ4v) is 5.51. The van der Waals surface area contributed by atoms with Crippen molar-refractivity contribution in [3.05, 3.63) is 95.6 Å². The molecule has 3 rings (SSSR count). The van der Waals surface area contributed by atoms with Gasteiger partial charge < -0.3 is 10.2 Å². The topological polar surface area (TPSA) is 86.8 Å². The third-order valence-electron chi connectivity index (χ3n) is 6.50. The van der Waals surface area contributed by atoms with E-state index < -0.39 is 28.5 Å². The van der Waals surface area contributed by atoms with E-state index in [1.807, 2.05) is 58.0 Å². The van der Waals surface area contributed by atoms with Crippen molar-refractivity contribution in [2.24, 2.45) is 0 Å². The summed E-state index contributed by atoms with van der Waals surface area (Å²) < 4.78 is 28.7. The normalized spacial score (nSPS) is 12.9. The lowest BCUT2D eigenvalue weighted by atomic mass is 10.1. The van der Waals surface area contributed by atoms with Crippen LogP contribution in [0.1, 0.15) is 43.9 Å². The first-order chi connectivity index (χ1) is 18.0. The van der Waals surface area contributed by atoms with Crippen molar-refractivity contribution in [1.29, 1.82) is 0 Å². The minimum Gasteiger partial charge on any atom is -0.352 e. The number of nitrogens with one attached hydrogen (secondary N) is 1. The van der Waals surface area contributed by atoms with E-state index in [4.69, 9.17) is 0 Å². The minimum absolute atomic E-state index is 0.0527. The molecule has 8 heteroatoms. The smallest absolute Gasteiger partial charge is 0.264 e. The summed E-state index contributed by atoms with van der Waals surface area (Å²) in [6, 6.07) is 21.9. The number of hydrogen-bond donors (Lipinski definition) is 1. The largest absolute Gasteiger partial charge is 0.352 e. The lowest BCUT2D eigenvalue weighted by molar-refractivity contribution is -0.139. The lowest BCUT2D eigenvalue weighted by Gasteiger charge is -2.32. The van der Waals surface area contributed by atoms with E-state index in [1.54, 1.807) is 43.3 Å². The number of sulfonamides is 1. The van der Waals surface area contributed by atoms with Gasteiger partial charge in [0.15, 0.2) is 0 Å². The number of hydrogen-bond acceptors (Lipinski definition) is 4. The van der Waals surface area contributed by atoms with Crippen LogP contribution >= 0.6 is 0 Å². The molecule has 0 aliphatic heterocycles. The second-order valence-electron chi connectivity index (χ2n) is 9.67. The number of benzene rings is 3. The summed E-state index contributed by atoms with van der Waals surface area (Å²) in [5.41, 5.74) is 3.13. The summed E-state index contributed by atoms with van der Waals surface area (Å²) in [6.07, 6.45) is 0.751. The molecule has 38 heavy (non-hydrogen) atoms. The Morgan fingerprint density at radius 1 is 0.868 bits per heavy atom. The van der Waals surface area contributed by atoms with Gasteiger partial charge in [-0.1, -0.05) is 67.1 Å². The van der Waals surface area contributed by atoms with Crippen LogP contribution < -0.4 is 9.62 Å². The summed E-state index contributed by atoms with van der Waals surface area (Å²) in [7, 11) is -4.06. The van der Waals surface area contributed by atoms with Crippen molar-refractivity contribution in [3.63, 3.8) is 0 Å². The Balaban J connectivity index is 2.02. The van der Waals surface area contributed by atoms with Gasteiger partial charge in [0.2, 0.25) is 11.8 Å². The maximum atomic E-state index is 13.9. The van der Waals surface area contributed by atoms with Crippen LogP contribution in [0, 0.1) is 13.8 Å². The molecule has 2 amide bonds. The molecule has 0 aliphatic carbocycles. The van der Waals surface area contributed by atoms with Crippen molar-refractivity contribution in [1.82, 2.24) is 10.2 Å². The highest BCUT2D eigenvalue weighted by Crippen LogP contribution is 2.25. The number of carbonyl (C=O) groups is 2. The van der Waals surface area contributed by atoms with E-state index in [9.17, 15) is 18.0 Å². The van der Waals surface area contributed by atoms with Gasteiger partial charge in [-0.3, -0.25) is 13.9 Å². The first-order valence-electron chi connectivity index (χ1n) is 12.8. The van der Waals surface area contributed by atoms with E-state index in [-0.39, 0.29) is 23.4 Å². The molecule has 3 aromatic carbocycles. The van der Waals surface area contributed by atoms with Gasteiger partial charge in [-0.15, -0.1) is 0 Å². The fourth-order valence-electron chi connectivity index (χ4n) is 4.09. The van der Waals surface area contributed by atoms with Crippen LogP contribution in [0.2, 0.25) is 0 Å². The van der Waals surface area contributed by atoms with Gasteiger partial charge in [0.05, 0.1) is 10.6 Å². The quantitative estimate of drug-likeness (QED) is 0.381.